The first kappa shape index (κ1) is 11.1. The summed E-state index contributed by atoms with van der Waals surface area (Å²) in [5.74, 6) is -1.04. The number of rotatable bonds is 3. The van der Waals surface area contributed by atoms with Gasteiger partial charge in [-0.3, -0.25) is 9.59 Å². The van der Waals surface area contributed by atoms with Gasteiger partial charge in [0.2, 0.25) is 0 Å². The lowest BCUT2D eigenvalue weighted by molar-refractivity contribution is -0.137. The van der Waals surface area contributed by atoms with Gasteiger partial charge < -0.3 is 9.67 Å². The van der Waals surface area contributed by atoms with Crippen LogP contribution < -0.4 is 0 Å². The summed E-state index contributed by atoms with van der Waals surface area (Å²) in [5.41, 5.74) is 0.634. The quantitative estimate of drug-likeness (QED) is 0.637. The van der Waals surface area contributed by atoms with Crippen molar-refractivity contribution in [3.05, 3.63) is 14.5 Å². The fourth-order valence-corrected chi connectivity index (χ4v) is 2.46. The second-order valence-corrected chi connectivity index (χ2v) is 4.46. The van der Waals surface area contributed by atoms with Gasteiger partial charge in [-0.2, -0.15) is 0 Å². The largest absolute Gasteiger partial charge is 0.480 e. The van der Waals surface area contributed by atoms with Crippen LogP contribution in [-0.4, -0.2) is 21.4 Å². The first-order valence-corrected chi connectivity index (χ1v) is 5.09. The summed E-state index contributed by atoms with van der Waals surface area (Å²) in [6.07, 6.45) is 0. The van der Waals surface area contributed by atoms with E-state index in [4.69, 9.17) is 17.3 Å². The summed E-state index contributed by atoms with van der Waals surface area (Å²) in [6.45, 7) is 2.96. The number of Topliss-reactive ketones (excluding diaryl/α,β-unsaturated/α-hetero) is 1. The lowest BCUT2D eigenvalue weighted by Gasteiger charge is -2.01. The zero-order chi connectivity index (χ0) is 10.9. The molecule has 0 atom stereocenters. The number of carboxylic acid groups (broad SMARTS) is 1. The molecule has 14 heavy (non-hydrogen) atoms. The van der Waals surface area contributed by atoms with Crippen molar-refractivity contribution in [2.24, 2.45) is 0 Å². The first-order valence-electron chi connectivity index (χ1n) is 3.86. The van der Waals surface area contributed by atoms with Gasteiger partial charge in [-0.25, -0.2) is 0 Å². The fraction of sp³-hybridized carbons (Fsp3) is 0.375. The molecule has 0 saturated carbocycles. The minimum absolute atomic E-state index is 0.0808. The number of nitrogens with zero attached hydrogens (tertiary/aromatic N) is 1. The summed E-state index contributed by atoms with van der Waals surface area (Å²) < 4.78 is 1.88. The van der Waals surface area contributed by atoms with Crippen molar-refractivity contribution >= 4 is 35.3 Å². The highest BCUT2D eigenvalue weighted by atomic mass is 32.1. The van der Waals surface area contributed by atoms with Crippen molar-refractivity contribution in [2.75, 3.05) is 0 Å². The highest BCUT2D eigenvalue weighted by molar-refractivity contribution is 7.73. The Balaban J connectivity index is 3.25. The molecule has 0 spiro atoms. The zero-order valence-corrected chi connectivity index (χ0v) is 9.37. The predicted octanol–water partition coefficient (Wildman–Crippen LogP) is 1.87. The van der Waals surface area contributed by atoms with Gasteiger partial charge in [0.05, 0.1) is 4.88 Å². The van der Waals surface area contributed by atoms with Crippen LogP contribution in [0.15, 0.2) is 0 Å². The molecule has 1 aromatic rings. The molecule has 1 aromatic heterocycles. The monoisotopic (exact) mass is 231 g/mol. The van der Waals surface area contributed by atoms with E-state index in [-0.39, 0.29) is 12.3 Å². The molecule has 0 bridgehead atoms. The molecule has 0 aliphatic heterocycles. The van der Waals surface area contributed by atoms with Crippen LogP contribution in [0.2, 0.25) is 0 Å². The maximum absolute atomic E-state index is 11.1. The molecule has 0 radical (unpaired) electrons. The molecule has 0 unspecified atom stereocenters. The van der Waals surface area contributed by atoms with Crippen LogP contribution in [0.5, 0.6) is 0 Å². The molecule has 0 saturated heterocycles. The van der Waals surface area contributed by atoms with E-state index in [9.17, 15) is 9.59 Å². The number of thiazole rings is 1. The van der Waals surface area contributed by atoms with Gasteiger partial charge in [0, 0.05) is 12.6 Å². The Morgan fingerprint density at radius 1 is 1.57 bits per heavy atom. The third-order valence-corrected chi connectivity index (χ3v) is 3.41. The maximum Gasteiger partial charge on any atom is 0.323 e. The van der Waals surface area contributed by atoms with E-state index in [0.29, 0.717) is 14.5 Å². The van der Waals surface area contributed by atoms with Gasteiger partial charge in [0.1, 0.15) is 6.54 Å². The average molecular weight is 231 g/mol. The maximum atomic E-state index is 11.1. The second-order valence-electron chi connectivity index (χ2n) is 2.82. The third-order valence-electron chi connectivity index (χ3n) is 1.76. The van der Waals surface area contributed by atoms with E-state index in [1.54, 1.807) is 6.92 Å². The van der Waals surface area contributed by atoms with E-state index in [2.05, 4.69) is 0 Å². The number of aliphatic carboxylic acids is 1. The van der Waals surface area contributed by atoms with Crippen LogP contribution in [0.1, 0.15) is 22.3 Å². The number of carbonyl (C=O) groups is 2. The normalized spacial score (nSPS) is 10.1. The number of carboxylic acids is 1. The number of ketones is 1. The Morgan fingerprint density at radius 3 is 2.50 bits per heavy atom. The van der Waals surface area contributed by atoms with Crippen molar-refractivity contribution < 1.29 is 14.7 Å². The summed E-state index contributed by atoms with van der Waals surface area (Å²) >= 11 is 6.12. The third kappa shape index (κ3) is 2.08. The first-order chi connectivity index (χ1) is 6.43. The van der Waals surface area contributed by atoms with Crippen molar-refractivity contribution in [1.82, 2.24) is 4.57 Å². The highest BCUT2D eigenvalue weighted by Gasteiger charge is 2.13. The van der Waals surface area contributed by atoms with Crippen LogP contribution in [0.3, 0.4) is 0 Å². The summed E-state index contributed by atoms with van der Waals surface area (Å²) in [4.78, 5) is 22.2. The van der Waals surface area contributed by atoms with Gasteiger partial charge in [-0.05, 0) is 19.1 Å². The molecule has 6 heteroatoms. The Hall–Kier alpha value is -1.01. The van der Waals surface area contributed by atoms with Crippen LogP contribution in [0.4, 0.5) is 0 Å². The molecule has 0 amide bonds. The lowest BCUT2D eigenvalue weighted by atomic mass is 10.3. The van der Waals surface area contributed by atoms with Crippen LogP contribution >= 0.6 is 23.6 Å². The van der Waals surface area contributed by atoms with Crippen LogP contribution in [0.25, 0.3) is 0 Å². The molecule has 0 fully saturated rings. The Labute approximate surface area is 89.8 Å². The van der Waals surface area contributed by atoms with Gasteiger partial charge in [-0.15, -0.1) is 11.3 Å². The van der Waals surface area contributed by atoms with E-state index in [0.717, 1.165) is 11.3 Å². The standard InChI is InChI=1S/C8H9NO3S2/c1-4-7(5(2)10)14-8(13)9(4)3-6(11)12/h3H2,1-2H3,(H,11,12). The van der Waals surface area contributed by atoms with E-state index in [1.165, 1.54) is 11.5 Å². The summed E-state index contributed by atoms with van der Waals surface area (Å²) in [5, 5.41) is 8.62. The van der Waals surface area contributed by atoms with Crippen molar-refractivity contribution in [1.29, 1.82) is 0 Å². The molecule has 1 heterocycles. The molecule has 1 rings (SSSR count). The van der Waals surface area contributed by atoms with Crippen molar-refractivity contribution in [2.45, 2.75) is 20.4 Å². The number of carbonyl (C=O) groups excluding carboxylic acids is 1. The Bertz CT molecular complexity index is 444. The molecular weight excluding hydrogens is 222 g/mol. The van der Waals surface area contributed by atoms with Crippen molar-refractivity contribution in [3.8, 4) is 0 Å². The topological polar surface area (TPSA) is 59.3 Å². The molecule has 0 aromatic carbocycles. The van der Waals surface area contributed by atoms with E-state index < -0.39 is 5.97 Å². The number of aromatic nitrogens is 1. The smallest absolute Gasteiger partial charge is 0.323 e. The van der Waals surface area contributed by atoms with Crippen molar-refractivity contribution in [3.63, 3.8) is 0 Å². The van der Waals surface area contributed by atoms with Gasteiger partial charge in [0.25, 0.3) is 0 Å². The molecule has 76 valence electrons. The van der Waals surface area contributed by atoms with Crippen LogP contribution in [0, 0.1) is 10.9 Å². The number of hydrogen-bond donors (Lipinski definition) is 1. The molecule has 0 aliphatic rings. The lowest BCUT2D eigenvalue weighted by Crippen LogP contribution is -2.10. The predicted molar refractivity (Wildman–Crippen MR) is 55.5 cm³/mol. The minimum Gasteiger partial charge on any atom is -0.480 e. The average Bonchev–Trinajstić information content (AvgIpc) is 2.31. The summed E-state index contributed by atoms with van der Waals surface area (Å²) in [7, 11) is 0. The molecule has 0 aliphatic carbocycles. The van der Waals surface area contributed by atoms with Gasteiger partial charge in [0.15, 0.2) is 9.74 Å². The Kier molecular flexibility index (Phi) is 3.17. The molecule has 4 nitrogen and oxygen atoms in total. The second kappa shape index (κ2) is 4.02. The Morgan fingerprint density at radius 2 is 2.14 bits per heavy atom. The van der Waals surface area contributed by atoms with E-state index in [1.807, 2.05) is 0 Å². The van der Waals surface area contributed by atoms with Crippen LogP contribution in [-0.2, 0) is 11.3 Å². The molecule has 1 N–H and O–H groups in total. The minimum atomic E-state index is -0.961. The zero-order valence-electron chi connectivity index (χ0n) is 7.73. The SMILES string of the molecule is CC(=O)c1sc(=S)n(CC(=O)O)c1C. The fourth-order valence-electron chi connectivity index (χ4n) is 1.12. The highest BCUT2D eigenvalue weighted by Crippen LogP contribution is 2.19. The molecular formula is C8H9NO3S2. The number of hydrogen-bond acceptors (Lipinski definition) is 4. The van der Waals surface area contributed by atoms with Gasteiger partial charge in [-0.1, -0.05) is 0 Å². The van der Waals surface area contributed by atoms with Gasteiger partial charge >= 0.3 is 5.97 Å². The van der Waals surface area contributed by atoms with E-state index >= 15 is 0 Å². The summed E-state index contributed by atoms with van der Waals surface area (Å²) in [6, 6.07) is 0.